The van der Waals surface area contributed by atoms with Gasteiger partial charge in [0, 0.05) is 26.1 Å². The van der Waals surface area contributed by atoms with Crippen LogP contribution in [-0.4, -0.2) is 33.3 Å². The lowest BCUT2D eigenvalue weighted by atomic mass is 9.95. The van der Waals surface area contributed by atoms with Gasteiger partial charge in [0.05, 0.1) is 6.26 Å². The second-order valence-corrected chi connectivity index (χ2v) is 7.15. The fourth-order valence-corrected chi connectivity index (χ4v) is 4.12. The second kappa shape index (κ2) is 7.29. The Morgan fingerprint density at radius 2 is 2.36 bits per heavy atom. The van der Waals surface area contributed by atoms with E-state index in [1.807, 2.05) is 19.2 Å². The van der Waals surface area contributed by atoms with Crippen LogP contribution in [0.1, 0.15) is 37.3 Å². The van der Waals surface area contributed by atoms with Crippen LogP contribution < -0.4 is 10.6 Å². The van der Waals surface area contributed by atoms with Crippen LogP contribution in [0.25, 0.3) is 0 Å². The number of furan rings is 1. The van der Waals surface area contributed by atoms with Crippen LogP contribution in [0.3, 0.4) is 0 Å². The summed E-state index contributed by atoms with van der Waals surface area (Å²) in [5.41, 5.74) is 0. The molecule has 0 aliphatic heterocycles. The first-order valence-electron chi connectivity index (χ1n) is 9.18. The molecule has 25 heavy (non-hydrogen) atoms. The van der Waals surface area contributed by atoms with Crippen molar-refractivity contribution in [2.75, 3.05) is 6.54 Å². The van der Waals surface area contributed by atoms with E-state index in [9.17, 15) is 0 Å². The summed E-state index contributed by atoms with van der Waals surface area (Å²) in [4.78, 5) is 8.99. The molecule has 0 radical (unpaired) electrons. The van der Waals surface area contributed by atoms with E-state index < -0.39 is 0 Å². The normalized spacial score (nSPS) is 25.5. The highest BCUT2D eigenvalue weighted by atomic mass is 16.3. The number of hydrogen-bond acceptors (Lipinski definition) is 4. The molecule has 7 heteroatoms. The molecule has 2 heterocycles. The highest BCUT2D eigenvalue weighted by molar-refractivity contribution is 5.80. The summed E-state index contributed by atoms with van der Waals surface area (Å²) in [7, 11) is 1.89. The lowest BCUT2D eigenvalue weighted by molar-refractivity contribution is 0.387. The van der Waals surface area contributed by atoms with E-state index in [0.29, 0.717) is 12.6 Å². The van der Waals surface area contributed by atoms with Crippen LogP contribution in [0, 0.1) is 11.8 Å². The fourth-order valence-electron chi connectivity index (χ4n) is 4.12. The lowest BCUT2D eigenvalue weighted by Gasteiger charge is -2.25. The Balaban J connectivity index is 1.37. The van der Waals surface area contributed by atoms with E-state index in [2.05, 4.69) is 20.7 Å². The Morgan fingerprint density at radius 3 is 3.04 bits per heavy atom. The van der Waals surface area contributed by atoms with Gasteiger partial charge in [0.2, 0.25) is 0 Å². The van der Waals surface area contributed by atoms with Crippen molar-refractivity contribution < 1.29 is 4.42 Å². The first-order valence-corrected chi connectivity index (χ1v) is 9.18. The summed E-state index contributed by atoms with van der Waals surface area (Å²) in [6, 6.07) is 4.47. The molecule has 2 aliphatic rings. The number of fused-ring (bicyclic) bond motifs is 2. The SMILES string of the molecule is Cn1ncnc1CN=C(NCCc1ccco1)NC1CC2CCC1C2. The summed E-state index contributed by atoms with van der Waals surface area (Å²) in [5, 5.41) is 11.2. The van der Waals surface area contributed by atoms with Crippen molar-refractivity contribution in [3.63, 3.8) is 0 Å². The van der Waals surface area contributed by atoms with Gasteiger partial charge in [-0.2, -0.15) is 5.10 Å². The molecule has 3 unspecified atom stereocenters. The lowest BCUT2D eigenvalue weighted by Crippen LogP contribution is -2.46. The standard InChI is InChI=1S/C18H26N6O/c1-24-17(21-12-22-24)11-20-18(19-7-6-15-3-2-8-25-15)23-16-10-13-4-5-14(16)9-13/h2-3,8,12-14,16H,4-7,9-11H2,1H3,(H2,19,20,23). The molecule has 3 atom stereocenters. The number of guanidine groups is 1. The molecule has 2 bridgehead atoms. The monoisotopic (exact) mass is 342 g/mol. The van der Waals surface area contributed by atoms with Crippen LogP contribution in [0.15, 0.2) is 34.1 Å². The predicted octanol–water partition coefficient (Wildman–Crippen LogP) is 1.87. The average molecular weight is 342 g/mol. The molecule has 4 rings (SSSR count). The largest absolute Gasteiger partial charge is 0.469 e. The number of nitrogens with one attached hydrogen (secondary N) is 2. The Kier molecular flexibility index (Phi) is 4.72. The van der Waals surface area contributed by atoms with Crippen LogP contribution in [0.5, 0.6) is 0 Å². The Bertz CT molecular complexity index is 707. The van der Waals surface area contributed by atoms with Gasteiger partial charge in [-0.1, -0.05) is 6.42 Å². The maximum absolute atomic E-state index is 5.40. The van der Waals surface area contributed by atoms with Crippen molar-refractivity contribution in [1.29, 1.82) is 0 Å². The van der Waals surface area contributed by atoms with E-state index in [4.69, 9.17) is 9.41 Å². The molecule has 2 aliphatic carbocycles. The zero-order chi connectivity index (χ0) is 17.1. The van der Waals surface area contributed by atoms with E-state index in [1.165, 1.54) is 25.7 Å². The highest BCUT2D eigenvalue weighted by Crippen LogP contribution is 2.44. The molecule has 2 aromatic rings. The van der Waals surface area contributed by atoms with E-state index in [0.717, 1.165) is 42.3 Å². The molecule has 2 saturated carbocycles. The molecule has 2 fully saturated rings. The minimum Gasteiger partial charge on any atom is -0.469 e. The summed E-state index contributed by atoms with van der Waals surface area (Å²) < 4.78 is 7.17. The number of aromatic nitrogens is 3. The topological polar surface area (TPSA) is 80.3 Å². The van der Waals surface area contributed by atoms with Crippen molar-refractivity contribution >= 4 is 5.96 Å². The Labute approximate surface area is 147 Å². The highest BCUT2D eigenvalue weighted by Gasteiger charge is 2.39. The van der Waals surface area contributed by atoms with Gasteiger partial charge in [-0.25, -0.2) is 9.98 Å². The molecule has 134 valence electrons. The van der Waals surface area contributed by atoms with Crippen molar-refractivity contribution in [3.8, 4) is 0 Å². The molecule has 0 saturated heterocycles. The van der Waals surface area contributed by atoms with Gasteiger partial charge >= 0.3 is 0 Å². The third kappa shape index (κ3) is 3.86. The summed E-state index contributed by atoms with van der Waals surface area (Å²) in [6.07, 6.45) is 9.53. The van der Waals surface area contributed by atoms with Crippen LogP contribution in [0.4, 0.5) is 0 Å². The first-order chi connectivity index (χ1) is 12.3. The average Bonchev–Trinajstić information content (AvgIpc) is 3.38. The van der Waals surface area contributed by atoms with Crippen molar-refractivity contribution in [2.45, 2.75) is 44.7 Å². The number of aliphatic imine (C=N–C) groups is 1. The molecule has 2 aromatic heterocycles. The van der Waals surface area contributed by atoms with Crippen molar-refractivity contribution in [3.05, 3.63) is 36.3 Å². The molecule has 0 amide bonds. The summed E-state index contributed by atoms with van der Waals surface area (Å²) >= 11 is 0. The maximum atomic E-state index is 5.40. The van der Waals surface area contributed by atoms with Gasteiger partial charge in [-0.05, 0) is 43.2 Å². The number of rotatable bonds is 6. The maximum Gasteiger partial charge on any atom is 0.191 e. The smallest absolute Gasteiger partial charge is 0.191 e. The van der Waals surface area contributed by atoms with E-state index in [-0.39, 0.29) is 0 Å². The predicted molar refractivity (Wildman–Crippen MR) is 94.9 cm³/mol. The molecular weight excluding hydrogens is 316 g/mol. The number of nitrogens with zero attached hydrogens (tertiary/aromatic N) is 4. The quantitative estimate of drug-likeness (QED) is 0.619. The second-order valence-electron chi connectivity index (χ2n) is 7.15. The van der Waals surface area contributed by atoms with Gasteiger partial charge in [0.15, 0.2) is 5.96 Å². The zero-order valence-corrected chi connectivity index (χ0v) is 14.7. The third-order valence-corrected chi connectivity index (χ3v) is 5.49. The van der Waals surface area contributed by atoms with Crippen molar-refractivity contribution in [1.82, 2.24) is 25.4 Å². The number of hydrogen-bond donors (Lipinski definition) is 2. The van der Waals surface area contributed by atoms with E-state index in [1.54, 1.807) is 17.3 Å². The van der Waals surface area contributed by atoms with Gasteiger partial charge in [-0.3, -0.25) is 4.68 Å². The van der Waals surface area contributed by atoms with Gasteiger partial charge in [0.1, 0.15) is 24.5 Å². The van der Waals surface area contributed by atoms with Crippen molar-refractivity contribution in [2.24, 2.45) is 23.9 Å². The third-order valence-electron chi connectivity index (χ3n) is 5.49. The Hall–Kier alpha value is -2.31. The minimum atomic E-state index is 0.521. The van der Waals surface area contributed by atoms with Crippen LogP contribution in [0.2, 0.25) is 0 Å². The number of aryl methyl sites for hydroxylation is 1. The zero-order valence-electron chi connectivity index (χ0n) is 14.7. The fraction of sp³-hybridized carbons (Fsp3) is 0.611. The summed E-state index contributed by atoms with van der Waals surface area (Å²) in [6.45, 7) is 1.31. The van der Waals surface area contributed by atoms with Crippen LogP contribution >= 0.6 is 0 Å². The van der Waals surface area contributed by atoms with Crippen LogP contribution in [-0.2, 0) is 20.0 Å². The summed E-state index contributed by atoms with van der Waals surface area (Å²) in [5.74, 6) is 4.43. The van der Waals surface area contributed by atoms with Gasteiger partial charge in [0.25, 0.3) is 0 Å². The minimum absolute atomic E-state index is 0.521. The van der Waals surface area contributed by atoms with Gasteiger partial charge in [-0.15, -0.1) is 0 Å². The molecule has 2 N–H and O–H groups in total. The molecular formula is C18H26N6O. The van der Waals surface area contributed by atoms with Gasteiger partial charge < -0.3 is 15.1 Å². The Morgan fingerprint density at radius 1 is 1.40 bits per heavy atom. The molecule has 0 spiro atoms. The first kappa shape index (κ1) is 16.2. The molecule has 7 nitrogen and oxygen atoms in total. The van der Waals surface area contributed by atoms with E-state index >= 15 is 0 Å². The molecule has 0 aromatic carbocycles.